The molecule has 2 aromatic carbocycles. The summed E-state index contributed by atoms with van der Waals surface area (Å²) in [6, 6.07) is 37.2. The highest BCUT2D eigenvalue weighted by Gasteiger charge is 2.51. The van der Waals surface area contributed by atoms with Gasteiger partial charge in [-0.05, 0) is 71.1 Å². The Morgan fingerprint density at radius 1 is 0.825 bits per heavy atom. The Morgan fingerprint density at radius 3 is 2.25 bits per heavy atom. The first-order chi connectivity index (χ1) is 27.4. The number of aryl methyl sites for hydroxylation is 1. The van der Waals surface area contributed by atoms with Crippen LogP contribution >= 0.6 is 0 Å². The van der Waals surface area contributed by atoms with Gasteiger partial charge in [-0.2, -0.15) is 9.61 Å². The van der Waals surface area contributed by atoms with Crippen molar-refractivity contribution in [2.24, 2.45) is 0 Å². The van der Waals surface area contributed by atoms with Gasteiger partial charge in [0.1, 0.15) is 18.2 Å². The summed E-state index contributed by atoms with van der Waals surface area (Å²) in [7, 11) is -4.02. The molecule has 0 spiro atoms. The molecule has 5 heterocycles. The van der Waals surface area contributed by atoms with Crippen LogP contribution in [0.15, 0.2) is 122 Å². The van der Waals surface area contributed by atoms with Crippen molar-refractivity contribution < 1.29 is 9.16 Å². The molecule has 0 fully saturated rings. The van der Waals surface area contributed by atoms with E-state index in [4.69, 9.17) is 24.1 Å². The molecule has 1 aliphatic carbocycles. The number of hydrogen-bond donors (Lipinski definition) is 1. The van der Waals surface area contributed by atoms with E-state index in [0.29, 0.717) is 6.73 Å². The summed E-state index contributed by atoms with van der Waals surface area (Å²) in [5.41, 5.74) is 7.41. The van der Waals surface area contributed by atoms with E-state index in [-0.39, 0.29) is 11.1 Å². The number of pyridine rings is 2. The molecule has 0 amide bonds. The van der Waals surface area contributed by atoms with Crippen LogP contribution in [0.4, 0.5) is 11.5 Å². The fraction of sp³-hybridized carbons (Fsp3) is 0.304. The third-order valence-corrected chi connectivity index (χ3v) is 17.7. The average molecular weight is 792 g/mol. The molecule has 5 aromatic heterocycles. The van der Waals surface area contributed by atoms with Crippen LogP contribution in [0, 0.1) is 6.92 Å². The summed E-state index contributed by atoms with van der Waals surface area (Å²) in [5.74, 6) is 0.787. The highest BCUT2D eigenvalue weighted by molar-refractivity contribution is 6.99. The van der Waals surface area contributed by atoms with Crippen LogP contribution in [-0.2, 0) is 15.9 Å². The number of aromatic nitrogens is 6. The first kappa shape index (κ1) is 38.7. The van der Waals surface area contributed by atoms with E-state index in [1.165, 1.54) is 15.9 Å². The summed E-state index contributed by atoms with van der Waals surface area (Å²) in [5, 5.41) is 11.8. The normalized spacial score (nSPS) is 15.1. The maximum Gasteiger partial charge on any atom is 0.261 e. The van der Waals surface area contributed by atoms with Crippen molar-refractivity contribution in [1.82, 2.24) is 29.1 Å². The molecule has 0 bridgehead atoms. The molecule has 0 saturated carbocycles. The number of fused-ring (bicyclic) bond motifs is 2. The topological polar surface area (TPSA) is 91.4 Å². The van der Waals surface area contributed by atoms with Crippen LogP contribution in [0.1, 0.15) is 45.0 Å². The molecule has 57 heavy (non-hydrogen) atoms. The molecule has 11 heteroatoms. The van der Waals surface area contributed by atoms with Crippen molar-refractivity contribution in [2.75, 3.05) is 11.9 Å². The third-order valence-electron chi connectivity index (χ3n) is 11.0. The lowest BCUT2D eigenvalue weighted by Crippen LogP contribution is -2.67. The van der Waals surface area contributed by atoms with Crippen LogP contribution in [0.5, 0.6) is 0 Å². The lowest BCUT2D eigenvalue weighted by molar-refractivity contribution is 0.0893. The lowest BCUT2D eigenvalue weighted by Gasteiger charge is -2.44. The second kappa shape index (κ2) is 15.6. The number of anilines is 2. The molecule has 9 nitrogen and oxygen atoms in total. The SMILES string of the molecule is Cc1cccc(-c2cc(Nc3ccnc4c3cc(C3=CCC(O[Si](c5ccccc5)(c5ccccc5)C(C)(C)C)C3)n4COCC[Si](C)(C)C)n3nccc3n2)n1. The van der Waals surface area contributed by atoms with Crippen molar-refractivity contribution in [1.29, 1.82) is 0 Å². The molecular formula is C46H53N7O2Si2. The minimum atomic E-state index is -2.74. The third kappa shape index (κ3) is 7.89. The Bertz CT molecular complexity index is 2500. The zero-order valence-electron chi connectivity index (χ0n) is 34.2. The van der Waals surface area contributed by atoms with Crippen LogP contribution in [0.3, 0.4) is 0 Å². The van der Waals surface area contributed by atoms with E-state index in [2.05, 4.69) is 128 Å². The second-order valence-corrected chi connectivity index (χ2v) is 27.3. The van der Waals surface area contributed by atoms with Gasteiger partial charge in [0.2, 0.25) is 0 Å². The smallest absolute Gasteiger partial charge is 0.261 e. The molecule has 0 radical (unpaired) electrons. The predicted molar refractivity (Wildman–Crippen MR) is 238 cm³/mol. The van der Waals surface area contributed by atoms with Gasteiger partial charge >= 0.3 is 0 Å². The summed E-state index contributed by atoms with van der Waals surface area (Å²) >= 11 is 0. The predicted octanol–water partition coefficient (Wildman–Crippen LogP) is 9.63. The summed E-state index contributed by atoms with van der Waals surface area (Å²) in [6.45, 7) is 17.3. The van der Waals surface area contributed by atoms with Crippen molar-refractivity contribution in [3.63, 3.8) is 0 Å². The van der Waals surface area contributed by atoms with Crippen molar-refractivity contribution in [2.45, 2.75) is 84.1 Å². The van der Waals surface area contributed by atoms with E-state index in [1.807, 2.05) is 54.0 Å². The molecule has 0 saturated heterocycles. The summed E-state index contributed by atoms with van der Waals surface area (Å²) < 4.78 is 18.2. The molecule has 8 rings (SSSR count). The number of benzene rings is 2. The highest BCUT2D eigenvalue weighted by Crippen LogP contribution is 2.42. The lowest BCUT2D eigenvalue weighted by atomic mass is 10.1. The van der Waals surface area contributed by atoms with E-state index < -0.39 is 16.4 Å². The fourth-order valence-electron chi connectivity index (χ4n) is 8.07. The quantitative estimate of drug-likeness (QED) is 0.0919. The first-order valence-corrected chi connectivity index (χ1v) is 25.6. The number of ether oxygens (including phenoxy) is 1. The van der Waals surface area contributed by atoms with Crippen LogP contribution in [0.2, 0.25) is 30.7 Å². The standard InChI is InChI=1S/C46H53N7O2Si2/c1-33-15-14-20-40(49-33)41-31-44(53-43(51-41)24-26-48-53)50-39-23-25-47-45-38(39)30-42(52(45)32-54-27-28-56(5,6)7)34-21-22-35(29-34)55-57(46(2,3)4,36-16-10-8-11-17-36)37-18-12-9-13-19-37/h8-21,23-26,30-31,35H,22,27-29,32H2,1-7H3,(H,47,50). The van der Waals surface area contributed by atoms with E-state index in [1.54, 1.807) is 6.20 Å². The Balaban J connectivity index is 1.16. The van der Waals surface area contributed by atoms with Gasteiger partial charge < -0.3 is 19.0 Å². The van der Waals surface area contributed by atoms with Gasteiger partial charge in [0.05, 0.1) is 29.4 Å². The highest BCUT2D eigenvalue weighted by atomic mass is 28.4. The van der Waals surface area contributed by atoms with E-state index >= 15 is 0 Å². The number of rotatable bonds is 13. The Morgan fingerprint density at radius 2 is 1.56 bits per heavy atom. The molecule has 1 unspecified atom stereocenters. The van der Waals surface area contributed by atoms with Crippen molar-refractivity contribution >= 4 is 60.5 Å². The second-order valence-electron chi connectivity index (χ2n) is 17.4. The van der Waals surface area contributed by atoms with Crippen LogP contribution < -0.4 is 15.7 Å². The first-order valence-electron chi connectivity index (χ1n) is 20.0. The van der Waals surface area contributed by atoms with Gasteiger partial charge in [0, 0.05) is 49.8 Å². The van der Waals surface area contributed by atoms with Crippen LogP contribution in [0.25, 0.3) is 33.6 Å². The molecule has 1 atom stereocenters. The molecule has 1 N–H and O–H groups in total. The van der Waals surface area contributed by atoms with Gasteiger partial charge in [-0.25, -0.2) is 9.97 Å². The minimum Gasteiger partial charge on any atom is -0.404 e. The molecular weight excluding hydrogens is 739 g/mol. The Kier molecular flexibility index (Phi) is 10.6. The van der Waals surface area contributed by atoms with Gasteiger partial charge in [-0.3, -0.25) is 4.98 Å². The van der Waals surface area contributed by atoms with Crippen molar-refractivity contribution in [3.8, 4) is 11.4 Å². The van der Waals surface area contributed by atoms with E-state index in [9.17, 15) is 0 Å². The van der Waals surface area contributed by atoms with Gasteiger partial charge in [-0.1, -0.05) is 113 Å². The number of nitrogens with one attached hydrogen (secondary N) is 1. The summed E-state index contributed by atoms with van der Waals surface area (Å²) in [4.78, 5) is 14.6. The molecule has 7 aromatic rings. The molecule has 292 valence electrons. The summed E-state index contributed by atoms with van der Waals surface area (Å²) in [6.07, 6.45) is 7.67. The molecule has 0 aliphatic heterocycles. The zero-order valence-corrected chi connectivity index (χ0v) is 36.2. The monoisotopic (exact) mass is 791 g/mol. The van der Waals surface area contributed by atoms with Gasteiger partial charge in [0.15, 0.2) is 5.65 Å². The number of hydrogen-bond acceptors (Lipinski definition) is 7. The fourth-order valence-corrected chi connectivity index (χ4v) is 13.5. The van der Waals surface area contributed by atoms with Crippen molar-refractivity contribution in [3.05, 3.63) is 133 Å². The Labute approximate surface area is 338 Å². The maximum absolute atomic E-state index is 7.63. The number of nitrogens with zero attached hydrogens (tertiary/aromatic N) is 6. The maximum atomic E-state index is 7.63. The van der Waals surface area contributed by atoms with Gasteiger partial charge in [0.25, 0.3) is 8.32 Å². The van der Waals surface area contributed by atoms with E-state index in [0.717, 1.165) is 76.5 Å². The molecule has 1 aliphatic rings. The zero-order chi connectivity index (χ0) is 39.8. The minimum absolute atomic E-state index is 0.0229. The van der Waals surface area contributed by atoms with Gasteiger partial charge in [-0.15, -0.1) is 0 Å². The average Bonchev–Trinajstić information content (AvgIpc) is 3.95. The Hall–Kier alpha value is -5.21. The van der Waals surface area contributed by atoms with Crippen LogP contribution in [-0.4, -0.2) is 58.2 Å². The largest absolute Gasteiger partial charge is 0.404 e.